The van der Waals surface area contributed by atoms with Crippen molar-refractivity contribution in [3.8, 4) is 0 Å². The van der Waals surface area contributed by atoms with E-state index in [9.17, 15) is 4.79 Å². The molecule has 1 aliphatic heterocycles. The van der Waals surface area contributed by atoms with E-state index >= 15 is 0 Å². The van der Waals surface area contributed by atoms with Crippen LogP contribution in [0.2, 0.25) is 5.02 Å². The zero-order valence-corrected chi connectivity index (χ0v) is 13.6. The number of amides is 1. The summed E-state index contributed by atoms with van der Waals surface area (Å²) < 4.78 is 3.18. The van der Waals surface area contributed by atoms with Gasteiger partial charge in [-0.2, -0.15) is 5.10 Å². The Morgan fingerprint density at radius 3 is 2.67 bits per heavy atom. The van der Waals surface area contributed by atoms with E-state index < -0.39 is 9.89 Å². The molecular formula is C12H11Cl4N3O2. The van der Waals surface area contributed by atoms with Gasteiger partial charge in [0.25, 0.3) is 0 Å². The average Bonchev–Trinajstić information content (AvgIpc) is 2.85. The first-order valence-electron chi connectivity index (χ1n) is 5.91. The number of carbonyl (C=O) groups excluding carboxylic acids is 1. The molecular weight excluding hydrogens is 360 g/mol. The van der Waals surface area contributed by atoms with E-state index in [4.69, 9.17) is 51.1 Å². The largest absolute Gasteiger partial charge is 0.445 e. The van der Waals surface area contributed by atoms with Gasteiger partial charge < -0.3 is 15.5 Å². The predicted octanol–water partition coefficient (Wildman–Crippen LogP) is 3.11. The number of nitrogens with one attached hydrogen (secondary N) is 2. The monoisotopic (exact) mass is 369 g/mol. The SMILES string of the molecule is O=C(NC1CNN=C1c1ccc(Cl)cc1)OCC(Cl)(Cl)Cl. The van der Waals surface area contributed by atoms with Gasteiger partial charge in [0.15, 0.2) is 0 Å². The molecule has 9 heteroatoms. The molecule has 1 amide bonds. The van der Waals surface area contributed by atoms with Crippen LogP contribution in [-0.4, -0.2) is 34.8 Å². The second-order valence-electron chi connectivity index (χ2n) is 4.25. The number of hydrogen-bond donors (Lipinski definition) is 2. The van der Waals surface area contributed by atoms with Gasteiger partial charge in [-0.1, -0.05) is 58.5 Å². The molecule has 2 rings (SSSR count). The Hall–Kier alpha value is -0.880. The van der Waals surface area contributed by atoms with E-state index in [2.05, 4.69) is 15.8 Å². The van der Waals surface area contributed by atoms with Gasteiger partial charge in [-0.3, -0.25) is 0 Å². The van der Waals surface area contributed by atoms with E-state index in [0.717, 1.165) is 5.56 Å². The lowest BCUT2D eigenvalue weighted by molar-refractivity contribution is 0.147. The Bertz CT molecular complexity index is 542. The Morgan fingerprint density at radius 1 is 1.38 bits per heavy atom. The van der Waals surface area contributed by atoms with Crippen LogP contribution in [-0.2, 0) is 4.74 Å². The van der Waals surface area contributed by atoms with Crippen LogP contribution in [0.15, 0.2) is 29.4 Å². The molecule has 1 heterocycles. The lowest BCUT2D eigenvalue weighted by atomic mass is 10.0. The van der Waals surface area contributed by atoms with E-state index in [0.29, 0.717) is 17.3 Å². The molecule has 0 saturated carbocycles. The summed E-state index contributed by atoms with van der Waals surface area (Å²) in [7, 11) is 0. The number of ether oxygens (including phenoxy) is 1. The van der Waals surface area contributed by atoms with Gasteiger partial charge in [0.2, 0.25) is 3.79 Å². The topological polar surface area (TPSA) is 62.7 Å². The predicted molar refractivity (Wildman–Crippen MR) is 84.6 cm³/mol. The number of rotatable bonds is 3. The zero-order chi connectivity index (χ0) is 15.5. The fourth-order valence-corrected chi connectivity index (χ4v) is 2.02. The number of hydrogen-bond acceptors (Lipinski definition) is 4. The third-order valence-corrected chi connectivity index (χ3v) is 3.20. The molecule has 0 bridgehead atoms. The van der Waals surface area contributed by atoms with Crippen molar-refractivity contribution in [2.24, 2.45) is 5.10 Å². The summed E-state index contributed by atoms with van der Waals surface area (Å²) in [6, 6.07) is 6.78. The van der Waals surface area contributed by atoms with Crippen molar-refractivity contribution in [1.82, 2.24) is 10.7 Å². The van der Waals surface area contributed by atoms with Gasteiger partial charge in [0.05, 0.1) is 18.3 Å². The molecule has 21 heavy (non-hydrogen) atoms. The molecule has 1 aromatic rings. The maximum atomic E-state index is 11.7. The summed E-state index contributed by atoms with van der Waals surface area (Å²) in [4.78, 5) is 11.7. The molecule has 0 radical (unpaired) electrons. The highest BCUT2D eigenvalue weighted by atomic mass is 35.6. The quantitative estimate of drug-likeness (QED) is 0.803. The van der Waals surface area contributed by atoms with Crippen LogP contribution >= 0.6 is 46.4 Å². The van der Waals surface area contributed by atoms with Crippen molar-refractivity contribution in [3.63, 3.8) is 0 Å². The Balaban J connectivity index is 1.96. The average molecular weight is 371 g/mol. The highest BCUT2D eigenvalue weighted by Gasteiger charge is 2.27. The van der Waals surface area contributed by atoms with Gasteiger partial charge in [-0.25, -0.2) is 4.79 Å². The second-order valence-corrected chi connectivity index (χ2v) is 7.21. The molecule has 0 fully saturated rings. The molecule has 1 aliphatic rings. The summed E-state index contributed by atoms with van der Waals surface area (Å²) in [5, 5.41) is 7.43. The molecule has 2 N–H and O–H groups in total. The normalized spacial score (nSPS) is 17.9. The van der Waals surface area contributed by atoms with Crippen LogP contribution in [0.5, 0.6) is 0 Å². The van der Waals surface area contributed by atoms with Gasteiger partial charge in [0, 0.05) is 10.6 Å². The summed E-state index contributed by atoms with van der Waals surface area (Å²) in [6.45, 7) is 0.109. The lowest BCUT2D eigenvalue weighted by Crippen LogP contribution is -2.43. The van der Waals surface area contributed by atoms with E-state index in [1.807, 2.05) is 12.1 Å². The minimum absolute atomic E-state index is 0.336. The van der Waals surface area contributed by atoms with E-state index in [1.54, 1.807) is 12.1 Å². The first-order valence-corrected chi connectivity index (χ1v) is 7.43. The maximum Gasteiger partial charge on any atom is 0.407 e. The zero-order valence-electron chi connectivity index (χ0n) is 10.6. The van der Waals surface area contributed by atoms with Crippen molar-refractivity contribution in [2.75, 3.05) is 13.2 Å². The highest BCUT2D eigenvalue weighted by Crippen LogP contribution is 2.25. The summed E-state index contributed by atoms with van der Waals surface area (Å²) >= 11 is 22.4. The van der Waals surface area contributed by atoms with Gasteiger partial charge in [-0.05, 0) is 12.1 Å². The molecule has 1 unspecified atom stereocenters. The van der Waals surface area contributed by atoms with Crippen LogP contribution in [0.1, 0.15) is 5.56 Å². The van der Waals surface area contributed by atoms with Gasteiger partial charge >= 0.3 is 6.09 Å². The summed E-state index contributed by atoms with van der Waals surface area (Å²) in [5.41, 5.74) is 4.34. The molecule has 0 aromatic heterocycles. The first-order chi connectivity index (χ1) is 9.85. The van der Waals surface area contributed by atoms with Crippen molar-refractivity contribution in [3.05, 3.63) is 34.9 Å². The molecule has 5 nitrogen and oxygen atoms in total. The fraction of sp³-hybridized carbons (Fsp3) is 0.333. The van der Waals surface area contributed by atoms with Crippen LogP contribution in [0.3, 0.4) is 0 Å². The molecule has 0 aliphatic carbocycles. The van der Waals surface area contributed by atoms with Crippen LogP contribution in [0, 0.1) is 0 Å². The molecule has 1 atom stereocenters. The minimum atomic E-state index is -1.64. The van der Waals surface area contributed by atoms with Gasteiger partial charge in [0.1, 0.15) is 6.61 Å². The molecule has 0 saturated heterocycles. The first kappa shape index (κ1) is 16.5. The smallest absolute Gasteiger partial charge is 0.407 e. The lowest BCUT2D eigenvalue weighted by Gasteiger charge is -2.16. The number of benzene rings is 1. The number of carbonyl (C=O) groups is 1. The second kappa shape index (κ2) is 6.92. The molecule has 114 valence electrons. The van der Waals surface area contributed by atoms with Crippen LogP contribution < -0.4 is 10.7 Å². The van der Waals surface area contributed by atoms with Crippen molar-refractivity contribution < 1.29 is 9.53 Å². The van der Waals surface area contributed by atoms with Gasteiger partial charge in [-0.15, -0.1) is 0 Å². The third kappa shape index (κ3) is 5.11. The summed E-state index contributed by atoms with van der Waals surface area (Å²) in [6.07, 6.45) is -0.684. The number of hydrazone groups is 1. The molecule has 0 spiro atoms. The standard InChI is InChI=1S/C12H11Cl4N3O2/c13-8-3-1-7(2-4-8)10-9(5-17-19-10)18-11(20)21-6-12(14,15)16/h1-4,9,17H,5-6H2,(H,18,20). The third-order valence-electron chi connectivity index (χ3n) is 2.62. The van der Waals surface area contributed by atoms with E-state index in [1.165, 1.54) is 0 Å². The number of alkyl halides is 3. The number of nitrogens with zero attached hydrogens (tertiary/aromatic N) is 1. The van der Waals surface area contributed by atoms with Crippen LogP contribution in [0.25, 0.3) is 0 Å². The van der Waals surface area contributed by atoms with Crippen LogP contribution in [0.4, 0.5) is 4.79 Å². The Morgan fingerprint density at radius 2 is 2.05 bits per heavy atom. The fourth-order valence-electron chi connectivity index (χ4n) is 1.73. The number of alkyl carbamates (subject to hydrolysis) is 1. The Labute approximate surface area is 141 Å². The van der Waals surface area contributed by atoms with Crippen molar-refractivity contribution in [1.29, 1.82) is 0 Å². The van der Waals surface area contributed by atoms with Crippen molar-refractivity contribution >= 4 is 58.2 Å². The maximum absolute atomic E-state index is 11.7. The highest BCUT2D eigenvalue weighted by molar-refractivity contribution is 6.67. The van der Waals surface area contributed by atoms with Crippen molar-refractivity contribution in [2.45, 2.75) is 9.83 Å². The minimum Gasteiger partial charge on any atom is -0.445 e. The van der Waals surface area contributed by atoms with E-state index in [-0.39, 0.29) is 12.6 Å². The Kier molecular flexibility index (Phi) is 5.43. The summed E-state index contributed by atoms with van der Waals surface area (Å²) in [5.74, 6) is 0. The molecule has 1 aromatic carbocycles. The number of halogens is 4.